The first-order valence-electron chi connectivity index (χ1n) is 7.86. The van der Waals surface area contributed by atoms with Gasteiger partial charge in [-0.3, -0.25) is 0 Å². The lowest BCUT2D eigenvalue weighted by Crippen LogP contribution is -2.39. The minimum Gasteiger partial charge on any atom is -0.490 e. The molecule has 2 heteroatoms. The molecule has 2 saturated carbocycles. The highest BCUT2D eigenvalue weighted by molar-refractivity contribution is 5.33. The van der Waals surface area contributed by atoms with Gasteiger partial charge < -0.3 is 9.84 Å². The quantitative estimate of drug-likeness (QED) is 0.892. The summed E-state index contributed by atoms with van der Waals surface area (Å²) in [7, 11) is 0. The Hall–Kier alpha value is -1.02. The molecule has 0 bridgehead atoms. The zero-order valence-corrected chi connectivity index (χ0v) is 12.9. The van der Waals surface area contributed by atoms with E-state index in [1.54, 1.807) is 0 Å². The van der Waals surface area contributed by atoms with Crippen molar-refractivity contribution in [2.45, 2.75) is 64.6 Å². The van der Waals surface area contributed by atoms with Crippen molar-refractivity contribution in [1.29, 1.82) is 0 Å². The lowest BCUT2D eigenvalue weighted by atomic mass is 9.64. The summed E-state index contributed by atoms with van der Waals surface area (Å²) in [6, 6.07) is 8.11. The molecule has 2 nitrogen and oxygen atoms in total. The van der Waals surface area contributed by atoms with Gasteiger partial charge >= 0.3 is 0 Å². The fourth-order valence-corrected chi connectivity index (χ4v) is 3.99. The molecule has 0 aliphatic heterocycles. The van der Waals surface area contributed by atoms with E-state index >= 15 is 0 Å². The Balaban J connectivity index is 1.85. The summed E-state index contributed by atoms with van der Waals surface area (Å²) in [5, 5.41) is 11.2. The van der Waals surface area contributed by atoms with E-state index in [2.05, 4.69) is 20.8 Å². The van der Waals surface area contributed by atoms with Gasteiger partial charge in [0.05, 0.1) is 11.7 Å². The zero-order chi connectivity index (χ0) is 14.4. The van der Waals surface area contributed by atoms with Gasteiger partial charge in [0.2, 0.25) is 0 Å². The second-order valence-corrected chi connectivity index (χ2v) is 7.73. The lowest BCUT2D eigenvalue weighted by Gasteiger charge is -2.45. The van der Waals surface area contributed by atoms with E-state index in [0.717, 1.165) is 24.2 Å². The van der Waals surface area contributed by atoms with Crippen LogP contribution >= 0.6 is 0 Å². The first-order valence-corrected chi connectivity index (χ1v) is 7.86. The smallest absolute Gasteiger partial charge is 0.120 e. The molecule has 0 spiro atoms. The van der Waals surface area contributed by atoms with Crippen LogP contribution in [0.4, 0.5) is 0 Å². The summed E-state index contributed by atoms with van der Waals surface area (Å²) in [6.07, 6.45) is 5.60. The van der Waals surface area contributed by atoms with Gasteiger partial charge in [-0.1, -0.05) is 32.9 Å². The summed E-state index contributed by atoms with van der Waals surface area (Å²) in [5.74, 6) is 1.46. The summed E-state index contributed by atoms with van der Waals surface area (Å²) in [6.45, 7) is 6.77. The third kappa shape index (κ3) is 3.01. The molecule has 2 aliphatic rings. The van der Waals surface area contributed by atoms with E-state index in [1.807, 2.05) is 24.3 Å². The predicted molar refractivity (Wildman–Crippen MR) is 80.8 cm³/mol. The molecule has 2 unspecified atom stereocenters. The minimum atomic E-state index is -0.704. The average Bonchev–Trinajstić information content (AvgIpc) is 3.10. The van der Waals surface area contributed by atoms with Crippen molar-refractivity contribution in [3.05, 3.63) is 29.8 Å². The Kier molecular flexibility index (Phi) is 3.32. The summed E-state index contributed by atoms with van der Waals surface area (Å²) in [4.78, 5) is 0. The van der Waals surface area contributed by atoms with Crippen LogP contribution in [0.25, 0.3) is 0 Å². The number of ether oxygens (including phenoxy) is 1. The van der Waals surface area contributed by atoms with Gasteiger partial charge in [-0.15, -0.1) is 0 Å². The molecule has 2 atom stereocenters. The highest BCUT2D eigenvalue weighted by atomic mass is 16.5. The Morgan fingerprint density at radius 1 is 1.20 bits per heavy atom. The molecule has 0 amide bonds. The van der Waals surface area contributed by atoms with E-state index < -0.39 is 5.60 Å². The molecule has 3 rings (SSSR count). The van der Waals surface area contributed by atoms with Gasteiger partial charge in [0.15, 0.2) is 0 Å². The molecular formula is C18H26O2. The van der Waals surface area contributed by atoms with Crippen molar-refractivity contribution in [2.75, 3.05) is 0 Å². The van der Waals surface area contributed by atoms with Crippen LogP contribution in [-0.2, 0) is 5.60 Å². The van der Waals surface area contributed by atoms with Gasteiger partial charge in [0, 0.05) is 0 Å². The Morgan fingerprint density at radius 2 is 1.95 bits per heavy atom. The molecule has 0 heterocycles. The number of aliphatic hydroxyl groups is 1. The van der Waals surface area contributed by atoms with Crippen LogP contribution in [0.5, 0.6) is 5.75 Å². The average molecular weight is 274 g/mol. The largest absolute Gasteiger partial charge is 0.490 e. The van der Waals surface area contributed by atoms with Crippen LogP contribution in [0.2, 0.25) is 0 Å². The highest BCUT2D eigenvalue weighted by Gasteiger charge is 2.42. The molecule has 2 fully saturated rings. The van der Waals surface area contributed by atoms with Gasteiger partial charge in [0.25, 0.3) is 0 Å². The first-order chi connectivity index (χ1) is 9.36. The van der Waals surface area contributed by atoms with Crippen LogP contribution in [0, 0.1) is 11.3 Å². The maximum atomic E-state index is 11.2. The van der Waals surface area contributed by atoms with Crippen molar-refractivity contribution in [3.63, 3.8) is 0 Å². The molecule has 0 radical (unpaired) electrons. The number of rotatable bonds is 3. The van der Waals surface area contributed by atoms with E-state index in [-0.39, 0.29) is 5.41 Å². The van der Waals surface area contributed by atoms with Crippen molar-refractivity contribution in [3.8, 4) is 5.75 Å². The van der Waals surface area contributed by atoms with Crippen LogP contribution in [0.1, 0.15) is 58.4 Å². The Labute approximate surface area is 122 Å². The highest BCUT2D eigenvalue weighted by Crippen LogP contribution is 2.49. The number of benzene rings is 1. The molecule has 20 heavy (non-hydrogen) atoms. The standard InChI is InChI=1S/C18H26O2/c1-13-10-17(2,3)12-18(19,11-13)14-5-4-6-16(9-14)20-15-7-8-15/h4-6,9,13,15,19H,7-8,10-12H2,1-3H3. The lowest BCUT2D eigenvalue weighted by molar-refractivity contribution is -0.0636. The van der Waals surface area contributed by atoms with Crippen molar-refractivity contribution < 1.29 is 9.84 Å². The molecule has 2 aliphatic carbocycles. The third-order valence-electron chi connectivity index (χ3n) is 4.56. The summed E-state index contributed by atoms with van der Waals surface area (Å²) < 4.78 is 5.87. The normalized spacial score (nSPS) is 32.9. The summed E-state index contributed by atoms with van der Waals surface area (Å²) >= 11 is 0. The van der Waals surface area contributed by atoms with Crippen LogP contribution in [0.3, 0.4) is 0 Å². The van der Waals surface area contributed by atoms with E-state index in [1.165, 1.54) is 19.3 Å². The van der Waals surface area contributed by atoms with Gasteiger partial charge in [-0.25, -0.2) is 0 Å². The molecule has 1 aromatic rings. The van der Waals surface area contributed by atoms with Gasteiger partial charge in [0.1, 0.15) is 5.75 Å². The van der Waals surface area contributed by atoms with Crippen molar-refractivity contribution >= 4 is 0 Å². The van der Waals surface area contributed by atoms with Crippen LogP contribution < -0.4 is 4.74 Å². The molecule has 1 aromatic carbocycles. The first kappa shape index (κ1) is 13.9. The number of hydrogen-bond donors (Lipinski definition) is 1. The van der Waals surface area contributed by atoms with Crippen LogP contribution in [0.15, 0.2) is 24.3 Å². The Bertz CT molecular complexity index is 490. The van der Waals surface area contributed by atoms with Gasteiger partial charge in [-0.2, -0.15) is 0 Å². The van der Waals surface area contributed by atoms with Gasteiger partial charge in [-0.05, 0) is 61.1 Å². The van der Waals surface area contributed by atoms with Crippen molar-refractivity contribution in [1.82, 2.24) is 0 Å². The fourth-order valence-electron chi connectivity index (χ4n) is 3.99. The number of hydrogen-bond acceptors (Lipinski definition) is 2. The topological polar surface area (TPSA) is 29.5 Å². The second kappa shape index (κ2) is 4.77. The van der Waals surface area contributed by atoms with E-state index in [4.69, 9.17) is 4.74 Å². The van der Waals surface area contributed by atoms with Crippen LogP contribution in [-0.4, -0.2) is 11.2 Å². The second-order valence-electron chi connectivity index (χ2n) is 7.73. The SMILES string of the molecule is CC1CC(C)(C)CC(O)(c2cccc(OC3CC3)c2)C1. The Morgan fingerprint density at radius 3 is 2.60 bits per heavy atom. The molecule has 110 valence electrons. The molecule has 0 aromatic heterocycles. The molecule has 1 N–H and O–H groups in total. The maximum Gasteiger partial charge on any atom is 0.120 e. The third-order valence-corrected chi connectivity index (χ3v) is 4.56. The summed E-state index contributed by atoms with van der Waals surface area (Å²) in [5.41, 5.74) is 0.513. The van der Waals surface area contributed by atoms with E-state index in [9.17, 15) is 5.11 Å². The maximum absolute atomic E-state index is 11.2. The fraction of sp³-hybridized carbons (Fsp3) is 0.667. The molecular weight excluding hydrogens is 248 g/mol. The monoisotopic (exact) mass is 274 g/mol. The predicted octanol–water partition coefficient (Wildman–Crippen LogP) is 4.26. The minimum absolute atomic E-state index is 0.194. The van der Waals surface area contributed by atoms with Crippen molar-refractivity contribution in [2.24, 2.45) is 11.3 Å². The zero-order valence-electron chi connectivity index (χ0n) is 12.9. The van der Waals surface area contributed by atoms with E-state index in [0.29, 0.717) is 12.0 Å². The molecule has 0 saturated heterocycles.